The number of carbonyl (C=O) groups is 2. The third-order valence-electron chi connectivity index (χ3n) is 2.91. The lowest BCUT2D eigenvalue weighted by Crippen LogP contribution is -2.34. The van der Waals surface area contributed by atoms with Crippen molar-refractivity contribution < 1.29 is 14.7 Å². The molecule has 1 unspecified atom stereocenters. The van der Waals surface area contributed by atoms with Crippen LogP contribution in [0.15, 0.2) is 18.2 Å². The molecule has 0 aromatic heterocycles. The average molecular weight is 264 g/mol. The van der Waals surface area contributed by atoms with Gasteiger partial charge in [0.15, 0.2) is 0 Å². The lowest BCUT2D eigenvalue weighted by molar-refractivity contribution is -0.140. The van der Waals surface area contributed by atoms with E-state index in [0.717, 1.165) is 16.8 Å². The van der Waals surface area contributed by atoms with Gasteiger partial charge in [0.25, 0.3) is 0 Å². The zero-order valence-electron chi connectivity index (χ0n) is 11.4. The number of carbonyl (C=O) groups excluding carboxylic acids is 1. The second-order valence-corrected chi connectivity index (χ2v) is 4.89. The molecule has 1 aromatic rings. The molecule has 0 heterocycles. The molecule has 0 saturated carbocycles. The summed E-state index contributed by atoms with van der Waals surface area (Å²) in [6.45, 7) is 5.97. The zero-order chi connectivity index (χ0) is 14.6. The maximum absolute atomic E-state index is 11.8. The predicted molar refractivity (Wildman–Crippen MR) is 74.1 cm³/mol. The topological polar surface area (TPSA) is 92.4 Å². The largest absolute Gasteiger partial charge is 0.480 e. The van der Waals surface area contributed by atoms with Crippen molar-refractivity contribution in [2.24, 2.45) is 5.73 Å². The van der Waals surface area contributed by atoms with Gasteiger partial charge in [-0.2, -0.15) is 0 Å². The minimum Gasteiger partial charge on any atom is -0.480 e. The Kier molecular flexibility index (Phi) is 5.06. The number of carboxylic acids is 1. The van der Waals surface area contributed by atoms with Gasteiger partial charge in [0, 0.05) is 5.69 Å². The molecular weight excluding hydrogens is 244 g/mol. The quantitative estimate of drug-likeness (QED) is 0.756. The summed E-state index contributed by atoms with van der Waals surface area (Å²) in [5.41, 5.74) is 8.07. The molecule has 5 nitrogen and oxygen atoms in total. The Bertz CT molecular complexity index is 484. The van der Waals surface area contributed by atoms with Crippen molar-refractivity contribution in [2.75, 3.05) is 5.32 Å². The Balaban J connectivity index is 2.87. The van der Waals surface area contributed by atoms with Crippen molar-refractivity contribution in [2.45, 2.75) is 39.2 Å². The maximum Gasteiger partial charge on any atom is 0.321 e. The van der Waals surface area contributed by atoms with Crippen LogP contribution in [0.25, 0.3) is 0 Å². The standard InChI is InChI=1S/C14H20N2O3/c1-8(2)10-6-4-5-9(3)13(10)16-12(17)7-11(15)14(18)19/h4-6,8,11H,7,15H2,1-3H3,(H,16,17)(H,18,19). The van der Waals surface area contributed by atoms with Gasteiger partial charge in [-0.1, -0.05) is 32.0 Å². The van der Waals surface area contributed by atoms with E-state index >= 15 is 0 Å². The maximum atomic E-state index is 11.8. The number of carboxylic acid groups (broad SMARTS) is 1. The smallest absolute Gasteiger partial charge is 0.321 e. The second kappa shape index (κ2) is 6.33. The third-order valence-corrected chi connectivity index (χ3v) is 2.91. The highest BCUT2D eigenvalue weighted by molar-refractivity contribution is 5.95. The van der Waals surface area contributed by atoms with Gasteiger partial charge in [-0.15, -0.1) is 0 Å². The first-order valence-corrected chi connectivity index (χ1v) is 6.20. The first kappa shape index (κ1) is 15.2. The van der Waals surface area contributed by atoms with Crippen molar-refractivity contribution >= 4 is 17.6 Å². The van der Waals surface area contributed by atoms with Gasteiger partial charge in [-0.3, -0.25) is 9.59 Å². The number of aliphatic carboxylic acids is 1. The van der Waals surface area contributed by atoms with Gasteiger partial charge in [0.2, 0.25) is 5.91 Å². The molecule has 5 heteroatoms. The van der Waals surface area contributed by atoms with Gasteiger partial charge < -0.3 is 16.2 Å². The summed E-state index contributed by atoms with van der Waals surface area (Å²) in [6, 6.07) is 4.61. The van der Waals surface area contributed by atoms with Crippen molar-refractivity contribution in [3.63, 3.8) is 0 Å². The molecule has 1 atom stereocenters. The highest BCUT2D eigenvalue weighted by Gasteiger charge is 2.18. The number of anilines is 1. The highest BCUT2D eigenvalue weighted by Crippen LogP contribution is 2.27. The molecule has 0 radical (unpaired) electrons. The molecule has 1 rings (SSSR count). The molecule has 0 spiro atoms. The van der Waals surface area contributed by atoms with Crippen LogP contribution in [-0.2, 0) is 9.59 Å². The summed E-state index contributed by atoms with van der Waals surface area (Å²) in [7, 11) is 0. The molecule has 0 saturated heterocycles. The predicted octanol–water partition coefficient (Wildman–Crippen LogP) is 1.86. The lowest BCUT2D eigenvalue weighted by atomic mass is 9.98. The number of amides is 1. The lowest BCUT2D eigenvalue weighted by Gasteiger charge is -2.17. The first-order chi connectivity index (χ1) is 8.82. The zero-order valence-corrected chi connectivity index (χ0v) is 11.4. The molecular formula is C14H20N2O3. The summed E-state index contributed by atoms with van der Waals surface area (Å²) >= 11 is 0. The molecule has 0 aliphatic rings. The van der Waals surface area contributed by atoms with Crippen molar-refractivity contribution in [3.05, 3.63) is 29.3 Å². The number of nitrogens with one attached hydrogen (secondary N) is 1. The van der Waals surface area contributed by atoms with Crippen LogP contribution in [0.2, 0.25) is 0 Å². The summed E-state index contributed by atoms with van der Waals surface area (Å²) in [6.07, 6.45) is -0.235. The van der Waals surface area contributed by atoms with Gasteiger partial charge in [-0.05, 0) is 24.0 Å². The molecule has 0 bridgehead atoms. The van der Waals surface area contributed by atoms with E-state index in [2.05, 4.69) is 5.32 Å². The van der Waals surface area contributed by atoms with E-state index in [1.165, 1.54) is 0 Å². The number of benzene rings is 1. The molecule has 19 heavy (non-hydrogen) atoms. The van der Waals surface area contributed by atoms with E-state index in [0.29, 0.717) is 0 Å². The van der Waals surface area contributed by atoms with Crippen LogP contribution in [0.1, 0.15) is 37.3 Å². The normalized spacial score (nSPS) is 12.3. The highest BCUT2D eigenvalue weighted by atomic mass is 16.4. The SMILES string of the molecule is Cc1cccc(C(C)C)c1NC(=O)CC(N)C(=O)O. The minimum absolute atomic E-state index is 0.235. The molecule has 0 fully saturated rings. The monoisotopic (exact) mass is 264 g/mol. The average Bonchev–Trinajstić information content (AvgIpc) is 2.31. The van der Waals surface area contributed by atoms with Crippen LogP contribution in [0, 0.1) is 6.92 Å². The Morgan fingerprint density at radius 1 is 1.37 bits per heavy atom. The van der Waals surface area contributed by atoms with E-state index in [-0.39, 0.29) is 18.2 Å². The summed E-state index contributed by atoms with van der Waals surface area (Å²) < 4.78 is 0. The summed E-state index contributed by atoms with van der Waals surface area (Å²) in [4.78, 5) is 22.4. The van der Waals surface area contributed by atoms with Gasteiger partial charge in [0.05, 0.1) is 6.42 Å². The summed E-state index contributed by atoms with van der Waals surface area (Å²) in [5, 5.41) is 11.5. The third kappa shape index (κ3) is 4.06. The number of rotatable bonds is 5. The molecule has 1 aromatic carbocycles. The van der Waals surface area contributed by atoms with Crippen LogP contribution in [0.5, 0.6) is 0 Å². The summed E-state index contributed by atoms with van der Waals surface area (Å²) in [5.74, 6) is -1.29. The fraction of sp³-hybridized carbons (Fsp3) is 0.429. The van der Waals surface area contributed by atoms with Crippen LogP contribution in [0.4, 0.5) is 5.69 Å². The Morgan fingerprint density at radius 3 is 2.53 bits per heavy atom. The molecule has 0 aliphatic heterocycles. The Labute approximate surface area is 112 Å². The molecule has 0 aliphatic carbocycles. The molecule has 4 N–H and O–H groups in total. The molecule has 1 amide bonds. The van der Waals surface area contributed by atoms with E-state index in [4.69, 9.17) is 10.8 Å². The van der Waals surface area contributed by atoms with Gasteiger partial charge in [0.1, 0.15) is 6.04 Å². The Hall–Kier alpha value is -1.88. The van der Waals surface area contributed by atoms with Gasteiger partial charge in [-0.25, -0.2) is 0 Å². The second-order valence-electron chi connectivity index (χ2n) is 4.89. The number of nitrogens with two attached hydrogens (primary N) is 1. The number of hydrogen-bond acceptors (Lipinski definition) is 3. The number of hydrogen-bond donors (Lipinski definition) is 3. The van der Waals surface area contributed by atoms with E-state index in [1.807, 2.05) is 39.0 Å². The number of para-hydroxylation sites is 1. The van der Waals surface area contributed by atoms with Crippen LogP contribution >= 0.6 is 0 Å². The van der Waals surface area contributed by atoms with Crippen molar-refractivity contribution in [1.82, 2.24) is 0 Å². The van der Waals surface area contributed by atoms with E-state index in [1.54, 1.807) is 0 Å². The number of aryl methyl sites for hydroxylation is 1. The fourth-order valence-corrected chi connectivity index (χ4v) is 1.82. The van der Waals surface area contributed by atoms with Gasteiger partial charge >= 0.3 is 5.97 Å². The van der Waals surface area contributed by atoms with Crippen LogP contribution in [-0.4, -0.2) is 23.0 Å². The van der Waals surface area contributed by atoms with Crippen molar-refractivity contribution in [3.8, 4) is 0 Å². The first-order valence-electron chi connectivity index (χ1n) is 6.20. The van der Waals surface area contributed by atoms with E-state index in [9.17, 15) is 9.59 Å². The minimum atomic E-state index is -1.18. The van der Waals surface area contributed by atoms with Crippen LogP contribution < -0.4 is 11.1 Å². The van der Waals surface area contributed by atoms with E-state index < -0.39 is 12.0 Å². The molecule has 104 valence electrons. The fourth-order valence-electron chi connectivity index (χ4n) is 1.82. The van der Waals surface area contributed by atoms with Crippen LogP contribution in [0.3, 0.4) is 0 Å². The Morgan fingerprint density at radius 2 is 2.00 bits per heavy atom. The van der Waals surface area contributed by atoms with Crippen molar-refractivity contribution in [1.29, 1.82) is 0 Å².